The molecular formula is C15H20N4OS. The molecule has 3 heterocycles. The number of aryl methyl sites for hydroxylation is 1. The van der Waals surface area contributed by atoms with Gasteiger partial charge in [-0.3, -0.25) is 0 Å². The first kappa shape index (κ1) is 14.1. The van der Waals surface area contributed by atoms with Crippen LogP contribution in [-0.2, 0) is 0 Å². The molecule has 0 bridgehead atoms. The standard InChI is InChI=1S/C15H20N4OS/c1-11-10-21-15(17-11)19-7-4-12(5-8-19)18-14-9-13(20-2)3-6-16-14/h3,6,9-10,12H,4-5,7-8H2,1-2H3,(H,16,18). The van der Waals surface area contributed by atoms with Crippen LogP contribution in [0.5, 0.6) is 5.75 Å². The number of piperidine rings is 1. The van der Waals surface area contributed by atoms with E-state index in [0.29, 0.717) is 6.04 Å². The van der Waals surface area contributed by atoms with E-state index in [1.807, 2.05) is 19.1 Å². The molecule has 0 unspecified atom stereocenters. The highest BCUT2D eigenvalue weighted by molar-refractivity contribution is 7.13. The van der Waals surface area contributed by atoms with Gasteiger partial charge in [0.05, 0.1) is 12.8 Å². The molecule has 0 amide bonds. The third-order valence-corrected chi connectivity index (χ3v) is 4.71. The smallest absolute Gasteiger partial charge is 0.185 e. The van der Waals surface area contributed by atoms with Gasteiger partial charge in [0.1, 0.15) is 11.6 Å². The van der Waals surface area contributed by atoms with Crippen molar-refractivity contribution in [2.45, 2.75) is 25.8 Å². The normalized spacial score (nSPS) is 16.0. The molecule has 5 nitrogen and oxygen atoms in total. The Labute approximate surface area is 129 Å². The summed E-state index contributed by atoms with van der Waals surface area (Å²) in [4.78, 5) is 11.3. The van der Waals surface area contributed by atoms with E-state index in [9.17, 15) is 0 Å². The van der Waals surface area contributed by atoms with Crippen LogP contribution in [0.25, 0.3) is 0 Å². The minimum atomic E-state index is 0.460. The van der Waals surface area contributed by atoms with Crippen molar-refractivity contribution < 1.29 is 4.74 Å². The molecule has 0 aromatic carbocycles. The zero-order valence-corrected chi connectivity index (χ0v) is 13.2. The van der Waals surface area contributed by atoms with Gasteiger partial charge in [0.2, 0.25) is 0 Å². The third-order valence-electron chi connectivity index (χ3n) is 3.69. The quantitative estimate of drug-likeness (QED) is 0.941. The first-order valence-corrected chi connectivity index (χ1v) is 8.06. The molecule has 1 fully saturated rings. The van der Waals surface area contributed by atoms with Crippen molar-refractivity contribution in [1.29, 1.82) is 0 Å². The lowest BCUT2D eigenvalue weighted by Crippen LogP contribution is -2.39. The number of nitrogens with one attached hydrogen (secondary N) is 1. The summed E-state index contributed by atoms with van der Waals surface area (Å²) in [5.74, 6) is 1.72. The Balaban J connectivity index is 1.56. The SMILES string of the molecule is COc1ccnc(NC2CCN(c3nc(C)cs3)CC2)c1. The Kier molecular flexibility index (Phi) is 4.24. The van der Waals surface area contributed by atoms with Gasteiger partial charge in [-0.25, -0.2) is 9.97 Å². The number of hydrogen-bond acceptors (Lipinski definition) is 6. The molecule has 0 spiro atoms. The number of pyridine rings is 1. The number of ether oxygens (including phenoxy) is 1. The molecule has 0 radical (unpaired) electrons. The van der Waals surface area contributed by atoms with Crippen LogP contribution >= 0.6 is 11.3 Å². The van der Waals surface area contributed by atoms with E-state index in [1.54, 1.807) is 24.6 Å². The van der Waals surface area contributed by atoms with Crippen molar-refractivity contribution in [3.63, 3.8) is 0 Å². The van der Waals surface area contributed by atoms with Crippen LogP contribution in [0.15, 0.2) is 23.7 Å². The number of nitrogens with zero attached hydrogens (tertiary/aromatic N) is 3. The van der Waals surface area contributed by atoms with E-state index in [0.717, 1.165) is 48.3 Å². The molecule has 1 aliphatic rings. The van der Waals surface area contributed by atoms with Gasteiger partial charge in [0.25, 0.3) is 0 Å². The zero-order valence-electron chi connectivity index (χ0n) is 12.4. The summed E-state index contributed by atoms with van der Waals surface area (Å²) < 4.78 is 5.23. The van der Waals surface area contributed by atoms with E-state index in [2.05, 4.69) is 25.6 Å². The molecule has 0 aliphatic carbocycles. The average molecular weight is 304 g/mol. The summed E-state index contributed by atoms with van der Waals surface area (Å²) in [6.45, 7) is 4.12. The molecule has 1 saturated heterocycles. The molecule has 21 heavy (non-hydrogen) atoms. The molecule has 0 saturated carbocycles. The average Bonchev–Trinajstić information content (AvgIpc) is 2.95. The molecule has 2 aromatic heterocycles. The van der Waals surface area contributed by atoms with Gasteiger partial charge in [-0.05, 0) is 25.8 Å². The Hall–Kier alpha value is -1.82. The molecular weight excluding hydrogens is 284 g/mol. The van der Waals surface area contributed by atoms with Gasteiger partial charge in [0.15, 0.2) is 5.13 Å². The highest BCUT2D eigenvalue weighted by Crippen LogP contribution is 2.25. The molecule has 0 atom stereocenters. The van der Waals surface area contributed by atoms with E-state index in [4.69, 9.17) is 4.74 Å². The van der Waals surface area contributed by atoms with E-state index < -0.39 is 0 Å². The van der Waals surface area contributed by atoms with Gasteiger partial charge in [-0.15, -0.1) is 11.3 Å². The molecule has 1 aliphatic heterocycles. The van der Waals surface area contributed by atoms with Crippen LogP contribution in [-0.4, -0.2) is 36.2 Å². The van der Waals surface area contributed by atoms with Crippen LogP contribution in [0.1, 0.15) is 18.5 Å². The fourth-order valence-electron chi connectivity index (χ4n) is 2.53. The van der Waals surface area contributed by atoms with Gasteiger partial charge in [-0.1, -0.05) is 0 Å². The molecule has 1 N–H and O–H groups in total. The van der Waals surface area contributed by atoms with Crippen molar-refractivity contribution in [2.24, 2.45) is 0 Å². The highest BCUT2D eigenvalue weighted by Gasteiger charge is 2.21. The summed E-state index contributed by atoms with van der Waals surface area (Å²) in [6, 6.07) is 4.26. The Morgan fingerprint density at radius 3 is 2.86 bits per heavy atom. The first-order valence-electron chi connectivity index (χ1n) is 7.18. The maximum atomic E-state index is 5.23. The zero-order chi connectivity index (χ0) is 14.7. The second-order valence-corrected chi connectivity index (χ2v) is 6.09. The van der Waals surface area contributed by atoms with E-state index in [1.165, 1.54) is 0 Å². The van der Waals surface area contributed by atoms with Crippen molar-refractivity contribution in [3.05, 3.63) is 29.4 Å². The maximum Gasteiger partial charge on any atom is 0.185 e. The second-order valence-electron chi connectivity index (χ2n) is 5.26. The topological polar surface area (TPSA) is 50.3 Å². The van der Waals surface area contributed by atoms with E-state index >= 15 is 0 Å². The molecule has 2 aromatic rings. The van der Waals surface area contributed by atoms with Crippen LogP contribution < -0.4 is 15.0 Å². The lowest BCUT2D eigenvalue weighted by molar-refractivity contribution is 0.414. The lowest BCUT2D eigenvalue weighted by atomic mass is 10.1. The molecule has 3 rings (SSSR count). The summed E-state index contributed by atoms with van der Waals surface area (Å²) >= 11 is 1.73. The fourth-order valence-corrected chi connectivity index (χ4v) is 3.39. The van der Waals surface area contributed by atoms with Gasteiger partial charge in [0, 0.05) is 36.8 Å². The molecule has 112 valence electrons. The number of anilines is 2. The van der Waals surface area contributed by atoms with Gasteiger partial charge >= 0.3 is 0 Å². The summed E-state index contributed by atoms with van der Waals surface area (Å²) in [5.41, 5.74) is 1.11. The Morgan fingerprint density at radius 2 is 2.19 bits per heavy atom. The predicted octanol–water partition coefficient (Wildman–Crippen LogP) is 2.94. The van der Waals surface area contributed by atoms with E-state index in [-0.39, 0.29) is 0 Å². The fraction of sp³-hybridized carbons (Fsp3) is 0.467. The van der Waals surface area contributed by atoms with Crippen molar-refractivity contribution in [1.82, 2.24) is 9.97 Å². The number of hydrogen-bond donors (Lipinski definition) is 1. The predicted molar refractivity (Wildman–Crippen MR) is 86.5 cm³/mol. The first-order chi connectivity index (χ1) is 10.2. The lowest BCUT2D eigenvalue weighted by Gasteiger charge is -2.32. The minimum absolute atomic E-state index is 0.460. The highest BCUT2D eigenvalue weighted by atomic mass is 32.1. The van der Waals surface area contributed by atoms with Gasteiger partial charge in [-0.2, -0.15) is 0 Å². The van der Waals surface area contributed by atoms with Crippen molar-refractivity contribution in [2.75, 3.05) is 30.4 Å². The number of methoxy groups -OCH3 is 1. The molecule has 6 heteroatoms. The number of aromatic nitrogens is 2. The summed E-state index contributed by atoms with van der Waals surface area (Å²) in [5, 5.41) is 6.75. The minimum Gasteiger partial charge on any atom is -0.497 e. The maximum absolute atomic E-state index is 5.23. The number of thiazole rings is 1. The van der Waals surface area contributed by atoms with Crippen LogP contribution in [0.3, 0.4) is 0 Å². The summed E-state index contributed by atoms with van der Waals surface area (Å²) in [6.07, 6.45) is 3.96. The number of rotatable bonds is 4. The largest absolute Gasteiger partial charge is 0.497 e. The Morgan fingerprint density at radius 1 is 1.38 bits per heavy atom. The summed E-state index contributed by atoms with van der Waals surface area (Å²) in [7, 11) is 1.67. The Bertz CT molecular complexity index is 593. The van der Waals surface area contributed by atoms with Crippen LogP contribution in [0, 0.1) is 6.92 Å². The third kappa shape index (κ3) is 3.44. The van der Waals surface area contributed by atoms with Crippen LogP contribution in [0.2, 0.25) is 0 Å². The second kappa shape index (κ2) is 6.30. The van der Waals surface area contributed by atoms with Gasteiger partial charge < -0.3 is 15.0 Å². The van der Waals surface area contributed by atoms with Crippen molar-refractivity contribution in [3.8, 4) is 5.75 Å². The van der Waals surface area contributed by atoms with Crippen molar-refractivity contribution >= 4 is 22.3 Å². The monoisotopic (exact) mass is 304 g/mol. The van der Waals surface area contributed by atoms with Crippen LogP contribution in [0.4, 0.5) is 10.9 Å².